The van der Waals surface area contributed by atoms with Gasteiger partial charge in [0.2, 0.25) is 5.91 Å². The van der Waals surface area contributed by atoms with Crippen LogP contribution >= 0.6 is 11.3 Å². The van der Waals surface area contributed by atoms with E-state index >= 15 is 0 Å². The summed E-state index contributed by atoms with van der Waals surface area (Å²) in [6, 6.07) is 15.6. The third kappa shape index (κ3) is 3.71. The van der Waals surface area contributed by atoms with E-state index in [1.54, 1.807) is 9.80 Å². The minimum Gasteiger partial charge on any atom is -0.313 e. The second kappa shape index (κ2) is 7.59. The molecular formula is C21H22N4O2S. The van der Waals surface area contributed by atoms with Gasteiger partial charge in [-0.25, -0.2) is 9.78 Å². The van der Waals surface area contributed by atoms with E-state index in [9.17, 15) is 9.59 Å². The van der Waals surface area contributed by atoms with Crippen molar-refractivity contribution in [3.63, 3.8) is 0 Å². The van der Waals surface area contributed by atoms with E-state index in [0.717, 1.165) is 15.9 Å². The number of amides is 3. The van der Waals surface area contributed by atoms with Crippen LogP contribution in [0, 0.1) is 0 Å². The molecule has 0 unspecified atom stereocenters. The Bertz CT molecular complexity index is 980. The van der Waals surface area contributed by atoms with Gasteiger partial charge in [-0.15, -0.1) is 0 Å². The van der Waals surface area contributed by atoms with E-state index in [0.29, 0.717) is 24.1 Å². The molecule has 0 saturated carbocycles. The average Bonchev–Trinajstić information content (AvgIpc) is 3.25. The maximum Gasteiger partial charge on any atom is 0.325 e. The van der Waals surface area contributed by atoms with Gasteiger partial charge in [0.05, 0.1) is 10.2 Å². The third-order valence-corrected chi connectivity index (χ3v) is 5.79. The molecule has 6 nitrogen and oxygen atoms in total. The lowest BCUT2D eigenvalue weighted by Crippen LogP contribution is -2.37. The largest absolute Gasteiger partial charge is 0.325 e. The molecule has 28 heavy (non-hydrogen) atoms. The molecule has 0 spiro atoms. The SMILES string of the molecule is CC(C)c1ccc(N2CCN(CC(=O)Nc3nc4ccccc4s3)C2=O)cc1. The molecule has 1 aromatic heterocycles. The fourth-order valence-electron chi connectivity index (χ4n) is 3.27. The van der Waals surface area contributed by atoms with Crippen LogP contribution in [0.4, 0.5) is 15.6 Å². The summed E-state index contributed by atoms with van der Waals surface area (Å²) >= 11 is 1.43. The number of para-hydroxylation sites is 1. The van der Waals surface area contributed by atoms with E-state index < -0.39 is 0 Å². The quantitative estimate of drug-likeness (QED) is 0.702. The fourth-order valence-corrected chi connectivity index (χ4v) is 4.15. The first kappa shape index (κ1) is 18.4. The summed E-state index contributed by atoms with van der Waals surface area (Å²) in [6.07, 6.45) is 0. The fraction of sp³-hybridized carbons (Fsp3) is 0.286. The molecule has 4 rings (SSSR count). The van der Waals surface area contributed by atoms with Gasteiger partial charge in [0.25, 0.3) is 0 Å². The van der Waals surface area contributed by atoms with Crippen LogP contribution in [0.3, 0.4) is 0 Å². The molecule has 0 atom stereocenters. The lowest BCUT2D eigenvalue weighted by molar-refractivity contribution is -0.116. The van der Waals surface area contributed by atoms with E-state index in [2.05, 4.69) is 36.3 Å². The average molecular weight is 395 g/mol. The predicted octanol–water partition coefficient (Wildman–Crippen LogP) is 4.30. The molecule has 144 valence electrons. The van der Waals surface area contributed by atoms with Gasteiger partial charge < -0.3 is 10.2 Å². The summed E-state index contributed by atoms with van der Waals surface area (Å²) in [4.78, 5) is 32.8. The number of rotatable bonds is 5. The third-order valence-electron chi connectivity index (χ3n) is 4.84. The van der Waals surface area contributed by atoms with Crippen molar-refractivity contribution in [2.75, 3.05) is 29.9 Å². The topological polar surface area (TPSA) is 65.5 Å². The number of nitrogens with zero attached hydrogens (tertiary/aromatic N) is 3. The lowest BCUT2D eigenvalue weighted by atomic mass is 10.0. The molecule has 7 heteroatoms. The van der Waals surface area contributed by atoms with Gasteiger partial charge in [-0.3, -0.25) is 9.69 Å². The molecule has 3 amide bonds. The van der Waals surface area contributed by atoms with Gasteiger partial charge in [-0.2, -0.15) is 0 Å². The molecule has 0 aliphatic carbocycles. The summed E-state index contributed by atoms with van der Waals surface area (Å²) in [5, 5.41) is 3.36. The van der Waals surface area contributed by atoms with Gasteiger partial charge in [-0.1, -0.05) is 49.4 Å². The second-order valence-corrected chi connectivity index (χ2v) is 8.17. The van der Waals surface area contributed by atoms with Crippen molar-refractivity contribution in [3.05, 3.63) is 54.1 Å². The molecule has 2 heterocycles. The molecule has 1 N–H and O–H groups in total. The number of anilines is 2. The van der Waals surface area contributed by atoms with Gasteiger partial charge in [0.15, 0.2) is 5.13 Å². The number of carbonyl (C=O) groups is 2. The monoisotopic (exact) mass is 394 g/mol. The van der Waals surface area contributed by atoms with Crippen molar-refractivity contribution in [2.24, 2.45) is 0 Å². The van der Waals surface area contributed by atoms with Crippen LogP contribution in [0.5, 0.6) is 0 Å². The highest BCUT2D eigenvalue weighted by Crippen LogP contribution is 2.26. The van der Waals surface area contributed by atoms with Gasteiger partial charge in [-0.05, 0) is 35.7 Å². The number of hydrogen-bond acceptors (Lipinski definition) is 4. The maximum absolute atomic E-state index is 12.7. The van der Waals surface area contributed by atoms with E-state index in [1.807, 2.05) is 36.4 Å². The zero-order valence-electron chi connectivity index (χ0n) is 15.9. The first-order chi connectivity index (χ1) is 13.5. The van der Waals surface area contributed by atoms with Crippen LogP contribution in [0.15, 0.2) is 48.5 Å². The number of fused-ring (bicyclic) bond motifs is 1. The Morgan fingerprint density at radius 3 is 2.61 bits per heavy atom. The van der Waals surface area contributed by atoms with Crippen LogP contribution in [0.1, 0.15) is 25.3 Å². The van der Waals surface area contributed by atoms with Crippen molar-refractivity contribution < 1.29 is 9.59 Å². The second-order valence-electron chi connectivity index (χ2n) is 7.14. The Hall–Kier alpha value is -2.93. The zero-order valence-corrected chi connectivity index (χ0v) is 16.7. The van der Waals surface area contributed by atoms with Crippen molar-refractivity contribution in [3.8, 4) is 0 Å². The smallest absolute Gasteiger partial charge is 0.313 e. The molecule has 0 radical (unpaired) electrons. The van der Waals surface area contributed by atoms with Crippen LogP contribution in [0.25, 0.3) is 10.2 Å². The Labute approximate surface area is 167 Å². The standard InChI is InChI=1S/C21H22N4O2S/c1-14(2)15-7-9-16(10-8-15)25-12-11-24(21(25)27)13-19(26)23-20-22-17-5-3-4-6-18(17)28-20/h3-10,14H,11-13H2,1-2H3,(H,22,23,26). The van der Waals surface area contributed by atoms with Crippen molar-refractivity contribution in [1.82, 2.24) is 9.88 Å². The molecule has 1 fully saturated rings. The first-order valence-electron chi connectivity index (χ1n) is 9.33. The van der Waals surface area contributed by atoms with Crippen molar-refractivity contribution >= 4 is 44.3 Å². The summed E-state index contributed by atoms with van der Waals surface area (Å²) in [6.45, 7) is 5.41. The number of urea groups is 1. The Kier molecular flexibility index (Phi) is 5.00. The molecule has 1 aliphatic heterocycles. The van der Waals surface area contributed by atoms with Gasteiger partial charge in [0.1, 0.15) is 6.54 Å². The van der Waals surface area contributed by atoms with Crippen LogP contribution in [-0.2, 0) is 4.79 Å². The maximum atomic E-state index is 12.7. The number of carbonyl (C=O) groups excluding carboxylic acids is 2. The number of benzene rings is 2. The van der Waals surface area contributed by atoms with Crippen molar-refractivity contribution in [1.29, 1.82) is 0 Å². The molecular weight excluding hydrogens is 372 g/mol. The zero-order chi connectivity index (χ0) is 19.7. The van der Waals surface area contributed by atoms with Crippen molar-refractivity contribution in [2.45, 2.75) is 19.8 Å². The summed E-state index contributed by atoms with van der Waals surface area (Å²) in [5.74, 6) is 0.218. The highest BCUT2D eigenvalue weighted by atomic mass is 32.1. The number of hydrogen-bond donors (Lipinski definition) is 1. The highest BCUT2D eigenvalue weighted by molar-refractivity contribution is 7.22. The number of thiazole rings is 1. The minimum absolute atomic E-state index is 0.0232. The summed E-state index contributed by atoms with van der Waals surface area (Å²) in [5.41, 5.74) is 2.96. The molecule has 3 aromatic rings. The first-order valence-corrected chi connectivity index (χ1v) is 10.1. The summed E-state index contributed by atoms with van der Waals surface area (Å²) < 4.78 is 1.02. The van der Waals surface area contributed by atoms with Crippen LogP contribution < -0.4 is 10.2 Å². The molecule has 1 saturated heterocycles. The van der Waals surface area contributed by atoms with E-state index in [-0.39, 0.29) is 18.5 Å². The molecule has 2 aromatic carbocycles. The minimum atomic E-state index is -0.232. The number of nitrogens with one attached hydrogen (secondary N) is 1. The Morgan fingerprint density at radius 2 is 1.89 bits per heavy atom. The summed E-state index contributed by atoms with van der Waals surface area (Å²) in [7, 11) is 0. The van der Waals surface area contributed by atoms with Crippen LogP contribution in [-0.4, -0.2) is 41.5 Å². The molecule has 0 bridgehead atoms. The van der Waals surface area contributed by atoms with Crippen LogP contribution in [0.2, 0.25) is 0 Å². The van der Waals surface area contributed by atoms with Gasteiger partial charge in [0, 0.05) is 18.8 Å². The van der Waals surface area contributed by atoms with E-state index in [1.165, 1.54) is 16.9 Å². The highest BCUT2D eigenvalue weighted by Gasteiger charge is 2.31. The molecule has 1 aliphatic rings. The predicted molar refractivity (Wildman–Crippen MR) is 113 cm³/mol. The Morgan fingerprint density at radius 1 is 1.14 bits per heavy atom. The lowest BCUT2D eigenvalue weighted by Gasteiger charge is -2.19. The number of aromatic nitrogens is 1. The van der Waals surface area contributed by atoms with Gasteiger partial charge >= 0.3 is 6.03 Å². The van der Waals surface area contributed by atoms with E-state index in [4.69, 9.17) is 0 Å². The Balaban J connectivity index is 1.38. The normalized spacial score (nSPS) is 14.3.